The highest BCUT2D eigenvalue weighted by Crippen LogP contribution is 2.38. The summed E-state index contributed by atoms with van der Waals surface area (Å²) in [5.74, 6) is -1.32. The van der Waals surface area contributed by atoms with E-state index in [-0.39, 0.29) is 18.1 Å². The number of anilines is 1. The van der Waals surface area contributed by atoms with Gasteiger partial charge in [0.1, 0.15) is 11.6 Å². The van der Waals surface area contributed by atoms with Gasteiger partial charge in [0.2, 0.25) is 0 Å². The lowest BCUT2D eigenvalue weighted by molar-refractivity contribution is -0.121. The molecular formula is C14H19NO5S. The van der Waals surface area contributed by atoms with Crippen LogP contribution in [0.15, 0.2) is 0 Å². The molecule has 0 fully saturated rings. The zero-order valence-corrected chi connectivity index (χ0v) is 12.8. The number of hydrogen-bond acceptors (Lipinski definition) is 5. The molecule has 0 radical (unpaired) electrons. The van der Waals surface area contributed by atoms with E-state index in [4.69, 9.17) is 9.47 Å². The molecule has 2 rings (SSSR count). The number of fused-ring (bicyclic) bond motifs is 1. The number of methoxy groups -OCH3 is 1. The van der Waals surface area contributed by atoms with Crippen LogP contribution in [-0.4, -0.2) is 43.9 Å². The number of aryl methyl sites for hydroxylation is 1. The number of ether oxygens (including phenoxy) is 2. The summed E-state index contributed by atoms with van der Waals surface area (Å²) in [6.45, 7) is 0.641. The molecule has 1 aliphatic rings. The van der Waals surface area contributed by atoms with Gasteiger partial charge in [0.15, 0.2) is 0 Å². The largest absolute Gasteiger partial charge is 0.478 e. The van der Waals surface area contributed by atoms with Gasteiger partial charge < -0.3 is 19.9 Å². The minimum Gasteiger partial charge on any atom is -0.478 e. The van der Waals surface area contributed by atoms with Crippen LogP contribution in [0, 0.1) is 0 Å². The van der Waals surface area contributed by atoms with Gasteiger partial charge in [-0.25, -0.2) is 4.79 Å². The molecule has 21 heavy (non-hydrogen) atoms. The van der Waals surface area contributed by atoms with Crippen LogP contribution < -0.4 is 5.32 Å². The molecule has 2 N–H and O–H groups in total. The van der Waals surface area contributed by atoms with E-state index in [0.717, 1.165) is 36.1 Å². The topological polar surface area (TPSA) is 84.9 Å². The summed E-state index contributed by atoms with van der Waals surface area (Å²) in [6.07, 6.45) is 3.73. The first-order chi connectivity index (χ1) is 10.1. The van der Waals surface area contributed by atoms with Gasteiger partial charge in [0, 0.05) is 12.0 Å². The molecule has 6 nitrogen and oxygen atoms in total. The highest BCUT2D eigenvalue weighted by atomic mass is 32.1. The van der Waals surface area contributed by atoms with E-state index in [9.17, 15) is 14.7 Å². The summed E-state index contributed by atoms with van der Waals surface area (Å²) in [5.41, 5.74) is 1.13. The number of rotatable bonds is 7. The van der Waals surface area contributed by atoms with Crippen molar-refractivity contribution in [2.75, 3.05) is 32.2 Å². The predicted octanol–water partition coefficient (Wildman–Crippen LogP) is 1.93. The Morgan fingerprint density at radius 1 is 1.29 bits per heavy atom. The van der Waals surface area contributed by atoms with Crippen molar-refractivity contribution in [2.24, 2.45) is 0 Å². The molecule has 1 amide bonds. The van der Waals surface area contributed by atoms with E-state index in [2.05, 4.69) is 5.32 Å². The van der Waals surface area contributed by atoms with Crippen molar-refractivity contribution in [1.29, 1.82) is 0 Å². The minimum atomic E-state index is -0.981. The van der Waals surface area contributed by atoms with Gasteiger partial charge in [-0.15, -0.1) is 11.3 Å². The average molecular weight is 313 g/mol. The molecule has 0 unspecified atom stereocenters. The molecule has 0 bridgehead atoms. The number of aromatic carboxylic acids is 1. The lowest BCUT2D eigenvalue weighted by Crippen LogP contribution is -2.20. The lowest BCUT2D eigenvalue weighted by Gasteiger charge is -2.10. The molecule has 0 saturated carbocycles. The molecule has 1 aromatic heterocycles. The van der Waals surface area contributed by atoms with Crippen molar-refractivity contribution in [3.8, 4) is 0 Å². The second kappa shape index (κ2) is 7.53. The maximum atomic E-state index is 11.8. The van der Waals surface area contributed by atoms with Gasteiger partial charge >= 0.3 is 5.97 Å². The summed E-state index contributed by atoms with van der Waals surface area (Å²) in [7, 11) is 1.55. The Balaban J connectivity index is 2.04. The Bertz CT molecular complexity index is 526. The third-order valence-electron chi connectivity index (χ3n) is 3.30. The maximum absolute atomic E-state index is 11.8. The van der Waals surface area contributed by atoms with Crippen LogP contribution in [0.3, 0.4) is 0 Å². The molecule has 0 spiro atoms. The average Bonchev–Trinajstić information content (AvgIpc) is 2.81. The Morgan fingerprint density at radius 2 is 2.05 bits per heavy atom. The number of carboxylic acids is 1. The molecule has 1 aromatic rings. The van der Waals surface area contributed by atoms with Crippen LogP contribution in [0.25, 0.3) is 0 Å². The van der Waals surface area contributed by atoms with Crippen molar-refractivity contribution in [3.05, 3.63) is 16.0 Å². The first-order valence-corrected chi connectivity index (χ1v) is 7.69. The van der Waals surface area contributed by atoms with Gasteiger partial charge in [0.05, 0.1) is 18.8 Å². The first-order valence-electron chi connectivity index (χ1n) is 6.88. The molecule has 0 atom stereocenters. The highest BCUT2D eigenvalue weighted by molar-refractivity contribution is 7.17. The third kappa shape index (κ3) is 4.03. The highest BCUT2D eigenvalue weighted by Gasteiger charge is 2.25. The number of nitrogens with one attached hydrogen (secondary N) is 1. The fourth-order valence-corrected chi connectivity index (χ4v) is 3.65. The number of hydrogen-bond donors (Lipinski definition) is 2. The number of carbonyl (C=O) groups excluding carboxylic acids is 1. The van der Waals surface area contributed by atoms with Crippen molar-refractivity contribution < 1.29 is 24.2 Å². The van der Waals surface area contributed by atoms with E-state index in [1.807, 2.05) is 0 Å². The van der Waals surface area contributed by atoms with E-state index in [1.165, 1.54) is 11.3 Å². The number of amides is 1. The minimum absolute atomic E-state index is 0.106. The smallest absolute Gasteiger partial charge is 0.339 e. The Morgan fingerprint density at radius 3 is 2.76 bits per heavy atom. The van der Waals surface area contributed by atoms with E-state index in [0.29, 0.717) is 18.2 Å². The predicted molar refractivity (Wildman–Crippen MR) is 79.2 cm³/mol. The van der Waals surface area contributed by atoms with Crippen molar-refractivity contribution in [3.63, 3.8) is 0 Å². The quantitative estimate of drug-likeness (QED) is 0.751. The molecule has 1 heterocycles. The zero-order valence-electron chi connectivity index (χ0n) is 11.9. The Kier molecular flexibility index (Phi) is 5.72. The fourth-order valence-electron chi connectivity index (χ4n) is 2.35. The summed E-state index contributed by atoms with van der Waals surface area (Å²) in [6, 6.07) is 0. The van der Waals surface area contributed by atoms with Gasteiger partial charge in [-0.3, -0.25) is 4.79 Å². The Hall–Kier alpha value is -1.44. The van der Waals surface area contributed by atoms with Crippen LogP contribution >= 0.6 is 11.3 Å². The maximum Gasteiger partial charge on any atom is 0.339 e. The van der Waals surface area contributed by atoms with E-state index >= 15 is 0 Å². The van der Waals surface area contributed by atoms with Crippen LogP contribution in [0.1, 0.15) is 33.6 Å². The Labute approximate surface area is 127 Å². The van der Waals surface area contributed by atoms with Gasteiger partial charge in [-0.05, 0) is 31.2 Å². The van der Waals surface area contributed by atoms with E-state index < -0.39 is 5.97 Å². The fraction of sp³-hybridized carbons (Fsp3) is 0.571. The molecule has 0 aromatic carbocycles. The number of thiophene rings is 1. The van der Waals surface area contributed by atoms with Crippen LogP contribution in [-0.2, 0) is 27.1 Å². The van der Waals surface area contributed by atoms with Gasteiger partial charge in [-0.2, -0.15) is 0 Å². The third-order valence-corrected chi connectivity index (χ3v) is 4.51. The van der Waals surface area contributed by atoms with Crippen molar-refractivity contribution in [2.45, 2.75) is 25.7 Å². The second-order valence-corrected chi connectivity index (χ2v) is 5.92. The van der Waals surface area contributed by atoms with Crippen molar-refractivity contribution in [1.82, 2.24) is 0 Å². The monoisotopic (exact) mass is 313 g/mol. The summed E-state index contributed by atoms with van der Waals surface area (Å²) in [4.78, 5) is 24.3. The molecule has 7 heteroatoms. The number of carbonyl (C=O) groups is 2. The normalized spacial score (nSPS) is 13.8. The first kappa shape index (κ1) is 15.9. The van der Waals surface area contributed by atoms with Crippen molar-refractivity contribution >= 4 is 28.2 Å². The zero-order chi connectivity index (χ0) is 15.2. The summed E-state index contributed by atoms with van der Waals surface area (Å²) in [5, 5.41) is 12.5. The van der Waals surface area contributed by atoms with Crippen LogP contribution in [0.4, 0.5) is 5.00 Å². The van der Waals surface area contributed by atoms with E-state index in [1.54, 1.807) is 7.11 Å². The SMILES string of the molecule is COCCOCC(=O)Nc1sc2c(c1C(=O)O)CCCC2. The van der Waals surface area contributed by atoms with Gasteiger partial charge in [-0.1, -0.05) is 0 Å². The molecule has 0 saturated heterocycles. The second-order valence-electron chi connectivity index (χ2n) is 4.81. The summed E-state index contributed by atoms with van der Waals surface area (Å²) < 4.78 is 9.95. The molecular weight excluding hydrogens is 294 g/mol. The van der Waals surface area contributed by atoms with Crippen LogP contribution in [0.5, 0.6) is 0 Å². The van der Waals surface area contributed by atoms with Gasteiger partial charge in [0.25, 0.3) is 5.91 Å². The van der Waals surface area contributed by atoms with Crippen LogP contribution in [0.2, 0.25) is 0 Å². The lowest BCUT2D eigenvalue weighted by atomic mass is 9.95. The number of carboxylic acid groups (broad SMARTS) is 1. The molecule has 0 aliphatic heterocycles. The molecule has 116 valence electrons. The standard InChI is InChI=1S/C14H19NO5S/c1-19-6-7-20-8-11(16)15-13-12(14(17)18)9-4-2-3-5-10(9)21-13/h2-8H2,1H3,(H,15,16)(H,17,18). The molecule has 1 aliphatic carbocycles. The summed E-state index contributed by atoms with van der Waals surface area (Å²) >= 11 is 1.37.